The standard InChI is InChI=1S/C50H49ClFN7O6/c1-28-39(38-15-17-43(60)54-48(38)61)26-32-10-11-33(27-41(32)53-28)49(62)58-21-18-57(19-22-58)20-23-59-46-37(14-16-40(51)45(46)44-29(2)55-56(4)30(44)3)36(47(59)50(63)64)8-6-24-65-42-9-5-7-31-25-34(52)12-13-35(31)42/h5,7,9-14,16,25-27,38H,6,8,15,17-24H2,1-4H3,(H,63,64)(H,54,60,61). The van der Waals surface area contributed by atoms with Gasteiger partial charge in [0, 0.05) is 97.0 Å². The number of rotatable bonds is 12. The number of pyridine rings is 1. The average Bonchev–Trinajstić information content (AvgIpc) is 3.73. The molecule has 0 radical (unpaired) electrons. The summed E-state index contributed by atoms with van der Waals surface area (Å²) in [5, 5.41) is 21.7. The maximum atomic E-state index is 13.9. The van der Waals surface area contributed by atoms with E-state index in [2.05, 4.69) is 15.3 Å². The fourth-order valence-electron chi connectivity index (χ4n) is 9.72. The molecule has 0 bridgehead atoms. The second-order valence-electron chi connectivity index (χ2n) is 17.1. The van der Waals surface area contributed by atoms with Gasteiger partial charge in [-0.1, -0.05) is 35.9 Å². The number of nitrogens with zero attached hydrogens (tertiary/aromatic N) is 6. The molecule has 0 aliphatic carbocycles. The minimum Gasteiger partial charge on any atom is -0.493 e. The number of fused-ring (bicyclic) bond motifs is 3. The lowest BCUT2D eigenvalue weighted by Gasteiger charge is -2.35. The van der Waals surface area contributed by atoms with Crippen LogP contribution in [0.4, 0.5) is 4.39 Å². The molecule has 1 atom stereocenters. The van der Waals surface area contributed by atoms with E-state index in [1.54, 1.807) is 22.9 Å². The van der Waals surface area contributed by atoms with E-state index in [0.29, 0.717) is 98.2 Å². The smallest absolute Gasteiger partial charge is 0.352 e. The molecule has 65 heavy (non-hydrogen) atoms. The minimum absolute atomic E-state index is 0.103. The van der Waals surface area contributed by atoms with Crippen LogP contribution in [0.15, 0.2) is 72.8 Å². The molecule has 2 aliphatic rings. The maximum Gasteiger partial charge on any atom is 0.352 e. The first-order chi connectivity index (χ1) is 31.3. The predicted molar refractivity (Wildman–Crippen MR) is 247 cm³/mol. The Labute approximate surface area is 379 Å². The number of carbonyl (C=O) groups is 4. The molecule has 3 amide bonds. The van der Waals surface area contributed by atoms with Gasteiger partial charge in [0.1, 0.15) is 17.3 Å². The zero-order valence-corrected chi connectivity index (χ0v) is 37.5. The monoisotopic (exact) mass is 897 g/mol. The van der Waals surface area contributed by atoms with Crippen molar-refractivity contribution in [2.75, 3.05) is 39.3 Å². The Kier molecular flexibility index (Phi) is 11.9. The summed E-state index contributed by atoms with van der Waals surface area (Å²) in [6, 6.07) is 21.2. The Bertz CT molecular complexity index is 3080. The van der Waals surface area contributed by atoms with Gasteiger partial charge in [0.05, 0.1) is 34.3 Å². The second-order valence-corrected chi connectivity index (χ2v) is 17.5. The Morgan fingerprint density at radius 2 is 1.69 bits per heavy atom. The third-order valence-corrected chi connectivity index (χ3v) is 13.4. The number of halogens is 2. The van der Waals surface area contributed by atoms with Crippen molar-refractivity contribution >= 4 is 67.9 Å². The van der Waals surface area contributed by atoms with Crippen LogP contribution >= 0.6 is 11.6 Å². The van der Waals surface area contributed by atoms with Crippen molar-refractivity contribution < 1.29 is 33.4 Å². The van der Waals surface area contributed by atoms with E-state index in [9.17, 15) is 28.7 Å². The van der Waals surface area contributed by atoms with Crippen LogP contribution in [0.2, 0.25) is 5.02 Å². The quantitative estimate of drug-likeness (QED) is 0.0915. The molecule has 9 rings (SSSR count). The molecule has 0 spiro atoms. The molecule has 3 aromatic heterocycles. The summed E-state index contributed by atoms with van der Waals surface area (Å²) >= 11 is 7.07. The summed E-state index contributed by atoms with van der Waals surface area (Å²) in [5.74, 6) is -1.87. The number of imide groups is 1. The number of carboxylic acids is 1. The van der Waals surface area contributed by atoms with E-state index in [4.69, 9.17) is 21.3 Å². The highest BCUT2D eigenvalue weighted by atomic mass is 35.5. The molecule has 13 nitrogen and oxygen atoms in total. The first-order valence-corrected chi connectivity index (χ1v) is 22.3. The summed E-state index contributed by atoms with van der Waals surface area (Å²) in [6.45, 7) is 9.10. The fraction of sp³-hybridized carbons (Fsp3) is 0.320. The Balaban J connectivity index is 0.941. The van der Waals surface area contributed by atoms with Gasteiger partial charge >= 0.3 is 5.97 Å². The molecule has 2 fully saturated rings. The lowest BCUT2D eigenvalue weighted by Crippen LogP contribution is -2.49. The highest BCUT2D eigenvalue weighted by Crippen LogP contribution is 2.42. The van der Waals surface area contributed by atoms with E-state index in [0.717, 1.165) is 55.1 Å². The number of aromatic nitrogens is 4. The van der Waals surface area contributed by atoms with Crippen LogP contribution in [-0.4, -0.2) is 97.3 Å². The first kappa shape index (κ1) is 43.6. The van der Waals surface area contributed by atoms with Crippen LogP contribution in [0.1, 0.15) is 74.2 Å². The Hall–Kier alpha value is -6.64. The molecule has 2 aliphatic heterocycles. The maximum absolute atomic E-state index is 13.9. The first-order valence-electron chi connectivity index (χ1n) is 21.9. The van der Waals surface area contributed by atoms with Crippen molar-refractivity contribution in [3.05, 3.63) is 123 Å². The van der Waals surface area contributed by atoms with Gasteiger partial charge in [0.15, 0.2) is 0 Å². The third-order valence-electron chi connectivity index (χ3n) is 13.1. The van der Waals surface area contributed by atoms with E-state index in [1.165, 1.54) is 12.1 Å². The van der Waals surface area contributed by atoms with Crippen LogP contribution < -0.4 is 10.1 Å². The highest BCUT2D eigenvalue weighted by Gasteiger charge is 2.31. The molecule has 0 saturated carbocycles. The largest absolute Gasteiger partial charge is 0.493 e. The highest BCUT2D eigenvalue weighted by molar-refractivity contribution is 6.35. The van der Waals surface area contributed by atoms with E-state index in [-0.39, 0.29) is 35.7 Å². The molecule has 7 aromatic rings. The number of hydrogen-bond donors (Lipinski definition) is 2. The lowest BCUT2D eigenvalue weighted by atomic mass is 9.88. The number of nitrogens with one attached hydrogen (secondary N) is 1. The van der Waals surface area contributed by atoms with Crippen LogP contribution in [-0.2, 0) is 29.6 Å². The number of benzene rings is 4. The molecule has 2 N–H and O–H groups in total. The van der Waals surface area contributed by atoms with Gasteiger partial charge in [-0.05, 0) is 105 Å². The zero-order valence-electron chi connectivity index (χ0n) is 36.7. The number of piperidine rings is 1. The lowest BCUT2D eigenvalue weighted by molar-refractivity contribution is -0.134. The fourth-order valence-corrected chi connectivity index (χ4v) is 9.97. The SMILES string of the molecule is Cc1nc2cc(C(=O)N3CCN(CCn4c(C(=O)O)c(CCCOc5cccc6cc(F)ccc56)c5ccc(Cl)c(-c6c(C)nn(C)c6C)c54)CC3)ccc2cc1C1CCC(=O)NC1=O. The number of aryl methyl sites for hydroxylation is 4. The number of aromatic carboxylic acids is 1. The minimum atomic E-state index is -1.04. The molecule has 2 saturated heterocycles. The Morgan fingerprint density at radius 3 is 2.43 bits per heavy atom. The molecule has 15 heteroatoms. The normalized spacial score (nSPS) is 15.9. The molecule has 334 valence electrons. The second kappa shape index (κ2) is 17.7. The van der Waals surface area contributed by atoms with E-state index < -0.39 is 11.9 Å². The van der Waals surface area contributed by atoms with Crippen molar-refractivity contribution in [1.82, 2.24) is 34.4 Å². The van der Waals surface area contributed by atoms with Gasteiger partial charge in [-0.25, -0.2) is 9.18 Å². The molecular weight excluding hydrogens is 849 g/mol. The number of piperazine rings is 1. The van der Waals surface area contributed by atoms with Crippen molar-refractivity contribution in [2.24, 2.45) is 7.05 Å². The molecular formula is C50H49ClFN7O6. The van der Waals surface area contributed by atoms with Crippen LogP contribution in [0.5, 0.6) is 5.75 Å². The predicted octanol–water partition coefficient (Wildman–Crippen LogP) is 8.15. The summed E-state index contributed by atoms with van der Waals surface area (Å²) in [7, 11) is 1.88. The van der Waals surface area contributed by atoms with Crippen LogP contribution in [0.3, 0.4) is 0 Å². The van der Waals surface area contributed by atoms with Gasteiger partial charge in [-0.2, -0.15) is 5.10 Å². The summed E-state index contributed by atoms with van der Waals surface area (Å²) in [5.41, 5.74) is 7.55. The topological polar surface area (TPSA) is 152 Å². The summed E-state index contributed by atoms with van der Waals surface area (Å²) < 4.78 is 23.9. The van der Waals surface area contributed by atoms with Gasteiger partial charge in [-0.15, -0.1) is 0 Å². The third kappa shape index (κ3) is 8.32. The number of carbonyl (C=O) groups excluding carboxylic acids is 3. The molecule has 1 unspecified atom stereocenters. The van der Waals surface area contributed by atoms with Crippen molar-refractivity contribution in [1.29, 1.82) is 0 Å². The zero-order chi connectivity index (χ0) is 45.7. The van der Waals surface area contributed by atoms with Gasteiger partial charge in [0.25, 0.3) is 5.91 Å². The van der Waals surface area contributed by atoms with Crippen molar-refractivity contribution in [2.45, 2.75) is 58.9 Å². The van der Waals surface area contributed by atoms with Crippen molar-refractivity contribution in [3.63, 3.8) is 0 Å². The van der Waals surface area contributed by atoms with E-state index >= 15 is 0 Å². The van der Waals surface area contributed by atoms with Crippen molar-refractivity contribution in [3.8, 4) is 16.9 Å². The number of amides is 3. The molecule has 4 aromatic carbocycles. The number of hydrogen-bond acceptors (Lipinski definition) is 8. The van der Waals surface area contributed by atoms with Crippen LogP contribution in [0, 0.1) is 26.6 Å². The summed E-state index contributed by atoms with van der Waals surface area (Å²) in [6.07, 6.45) is 1.65. The Morgan fingerprint density at radius 1 is 0.908 bits per heavy atom. The molecule has 5 heterocycles. The van der Waals surface area contributed by atoms with Gasteiger partial charge < -0.3 is 19.3 Å². The van der Waals surface area contributed by atoms with Gasteiger partial charge in [-0.3, -0.25) is 34.3 Å². The average molecular weight is 898 g/mol. The van der Waals surface area contributed by atoms with Crippen LogP contribution in [0.25, 0.3) is 43.7 Å². The number of carboxylic acid groups (broad SMARTS) is 1. The van der Waals surface area contributed by atoms with E-state index in [1.807, 2.05) is 79.8 Å². The number of ether oxygens (including phenoxy) is 1. The van der Waals surface area contributed by atoms with Gasteiger partial charge in [0.2, 0.25) is 11.8 Å². The summed E-state index contributed by atoms with van der Waals surface area (Å²) in [4.78, 5) is 60.5.